The van der Waals surface area contributed by atoms with Crippen LogP contribution >= 0.6 is 0 Å². The molecule has 0 saturated heterocycles. The van der Waals surface area contributed by atoms with Crippen molar-refractivity contribution < 1.29 is 22.7 Å². The van der Waals surface area contributed by atoms with Gasteiger partial charge in [0, 0.05) is 13.1 Å². The minimum absolute atomic E-state index is 0.0328. The Morgan fingerprint density at radius 3 is 2.43 bits per heavy atom. The van der Waals surface area contributed by atoms with E-state index in [9.17, 15) is 18.0 Å². The summed E-state index contributed by atoms with van der Waals surface area (Å²) in [5.74, 6) is 0. The molecule has 0 heterocycles. The normalized spacial score (nSPS) is 11.2. The molecule has 0 rings (SSSR count). The second-order valence-electron chi connectivity index (χ2n) is 2.52. The van der Waals surface area contributed by atoms with Gasteiger partial charge in [0.2, 0.25) is 0 Å². The molecule has 0 radical (unpaired) electrons. The number of rotatable bonds is 4. The van der Waals surface area contributed by atoms with Crippen molar-refractivity contribution in [2.45, 2.75) is 13.1 Å². The van der Waals surface area contributed by atoms with Gasteiger partial charge in [-0.3, -0.25) is 4.90 Å². The SMILES string of the molecule is CCOC(=O)N(CCN)CC(F)(F)F. The summed E-state index contributed by atoms with van der Waals surface area (Å²) >= 11 is 0. The monoisotopic (exact) mass is 214 g/mol. The van der Waals surface area contributed by atoms with Crippen molar-refractivity contribution in [3.63, 3.8) is 0 Å². The van der Waals surface area contributed by atoms with E-state index in [1.54, 1.807) is 0 Å². The number of amides is 1. The first-order valence-corrected chi connectivity index (χ1v) is 4.09. The van der Waals surface area contributed by atoms with Crippen molar-refractivity contribution in [3.05, 3.63) is 0 Å². The Bertz CT molecular complexity index is 184. The van der Waals surface area contributed by atoms with Crippen LogP contribution in [0.2, 0.25) is 0 Å². The molecule has 1 amide bonds. The minimum Gasteiger partial charge on any atom is -0.450 e. The number of nitrogens with two attached hydrogens (primary N) is 1. The van der Waals surface area contributed by atoms with Crippen molar-refractivity contribution in [1.82, 2.24) is 4.90 Å². The van der Waals surface area contributed by atoms with Gasteiger partial charge in [-0.2, -0.15) is 13.2 Å². The van der Waals surface area contributed by atoms with E-state index in [1.165, 1.54) is 6.92 Å². The number of carbonyl (C=O) groups excluding carboxylic acids is 1. The summed E-state index contributed by atoms with van der Waals surface area (Å²) in [5.41, 5.74) is 5.07. The van der Waals surface area contributed by atoms with Crippen LogP contribution < -0.4 is 5.73 Å². The van der Waals surface area contributed by atoms with E-state index >= 15 is 0 Å². The highest BCUT2D eigenvalue weighted by Crippen LogP contribution is 2.16. The largest absolute Gasteiger partial charge is 0.450 e. The second-order valence-corrected chi connectivity index (χ2v) is 2.52. The molecule has 4 nitrogen and oxygen atoms in total. The molecule has 14 heavy (non-hydrogen) atoms. The van der Waals surface area contributed by atoms with Gasteiger partial charge in [0.25, 0.3) is 0 Å². The van der Waals surface area contributed by atoms with Gasteiger partial charge in [-0.25, -0.2) is 4.79 Å². The molecule has 0 saturated carbocycles. The average Bonchev–Trinajstić information content (AvgIpc) is 2.01. The van der Waals surface area contributed by atoms with Crippen LogP contribution in [0, 0.1) is 0 Å². The summed E-state index contributed by atoms with van der Waals surface area (Å²) in [4.78, 5) is 11.5. The molecule has 0 aromatic carbocycles. The zero-order valence-electron chi connectivity index (χ0n) is 7.80. The summed E-state index contributed by atoms with van der Waals surface area (Å²) in [7, 11) is 0. The summed E-state index contributed by atoms with van der Waals surface area (Å²) in [6.07, 6.45) is -5.42. The zero-order chi connectivity index (χ0) is 11.2. The smallest absolute Gasteiger partial charge is 0.410 e. The van der Waals surface area contributed by atoms with Crippen molar-refractivity contribution in [3.8, 4) is 0 Å². The van der Waals surface area contributed by atoms with Gasteiger partial charge in [-0.1, -0.05) is 0 Å². The van der Waals surface area contributed by atoms with E-state index in [0.29, 0.717) is 4.90 Å². The number of halogens is 3. The molecular formula is C7H13F3N2O2. The highest BCUT2D eigenvalue weighted by atomic mass is 19.4. The van der Waals surface area contributed by atoms with Crippen molar-refractivity contribution in [1.29, 1.82) is 0 Å². The lowest BCUT2D eigenvalue weighted by atomic mass is 10.5. The first-order valence-electron chi connectivity index (χ1n) is 4.09. The maximum absolute atomic E-state index is 11.9. The number of ether oxygens (including phenoxy) is 1. The van der Waals surface area contributed by atoms with Gasteiger partial charge < -0.3 is 10.5 Å². The number of nitrogens with zero attached hydrogens (tertiary/aromatic N) is 1. The maximum atomic E-state index is 11.9. The summed E-state index contributed by atoms with van der Waals surface area (Å²) < 4.78 is 40.3. The summed E-state index contributed by atoms with van der Waals surface area (Å²) in [5, 5.41) is 0. The lowest BCUT2D eigenvalue weighted by Crippen LogP contribution is -2.42. The quantitative estimate of drug-likeness (QED) is 0.758. The Morgan fingerprint density at radius 2 is 2.07 bits per heavy atom. The molecule has 7 heteroatoms. The Balaban J connectivity index is 4.21. The fourth-order valence-electron chi connectivity index (χ4n) is 0.822. The number of carbonyl (C=O) groups is 1. The fraction of sp³-hybridized carbons (Fsp3) is 0.857. The third kappa shape index (κ3) is 5.63. The second kappa shape index (κ2) is 5.69. The third-order valence-corrected chi connectivity index (χ3v) is 1.30. The first-order chi connectivity index (χ1) is 6.40. The first kappa shape index (κ1) is 13.0. The molecular weight excluding hydrogens is 201 g/mol. The van der Waals surface area contributed by atoms with Crippen molar-refractivity contribution >= 4 is 6.09 Å². The van der Waals surface area contributed by atoms with E-state index in [0.717, 1.165) is 0 Å². The predicted molar refractivity (Wildman–Crippen MR) is 43.7 cm³/mol. The van der Waals surface area contributed by atoms with Gasteiger partial charge in [-0.05, 0) is 6.92 Å². The van der Waals surface area contributed by atoms with E-state index in [1.807, 2.05) is 0 Å². The lowest BCUT2D eigenvalue weighted by Gasteiger charge is -2.22. The molecule has 2 N–H and O–H groups in total. The number of hydrogen-bond donors (Lipinski definition) is 1. The lowest BCUT2D eigenvalue weighted by molar-refractivity contribution is -0.142. The Labute approximate surface area is 79.8 Å². The van der Waals surface area contributed by atoms with E-state index in [2.05, 4.69) is 4.74 Å². The average molecular weight is 214 g/mol. The standard InChI is InChI=1S/C7H13F3N2O2/c1-2-14-6(13)12(4-3-11)5-7(8,9)10/h2-5,11H2,1H3. The molecule has 0 atom stereocenters. The van der Waals surface area contributed by atoms with Crippen LogP contribution in [0.4, 0.5) is 18.0 Å². The number of hydrogen-bond acceptors (Lipinski definition) is 3. The van der Waals surface area contributed by atoms with Crippen LogP contribution in [-0.2, 0) is 4.74 Å². The van der Waals surface area contributed by atoms with E-state index in [-0.39, 0.29) is 19.7 Å². The van der Waals surface area contributed by atoms with Gasteiger partial charge in [0.1, 0.15) is 6.54 Å². The van der Waals surface area contributed by atoms with Crippen LogP contribution in [0.5, 0.6) is 0 Å². The molecule has 0 aliphatic carbocycles. The molecule has 0 aromatic heterocycles. The van der Waals surface area contributed by atoms with Gasteiger partial charge in [0.15, 0.2) is 0 Å². The molecule has 0 aliphatic heterocycles. The molecule has 0 bridgehead atoms. The Morgan fingerprint density at radius 1 is 1.50 bits per heavy atom. The molecule has 0 aliphatic rings. The highest BCUT2D eigenvalue weighted by Gasteiger charge is 2.33. The molecule has 0 spiro atoms. The highest BCUT2D eigenvalue weighted by molar-refractivity contribution is 5.67. The molecule has 0 unspecified atom stereocenters. The third-order valence-electron chi connectivity index (χ3n) is 1.30. The zero-order valence-corrected chi connectivity index (χ0v) is 7.80. The maximum Gasteiger partial charge on any atom is 0.410 e. The Hall–Kier alpha value is -0.980. The summed E-state index contributed by atoms with van der Waals surface area (Å²) in [6.45, 7) is 0.0279. The van der Waals surface area contributed by atoms with Crippen LogP contribution in [0.3, 0.4) is 0 Å². The van der Waals surface area contributed by atoms with Gasteiger partial charge >= 0.3 is 12.3 Å². The number of alkyl halides is 3. The van der Waals surface area contributed by atoms with Crippen LogP contribution in [0.1, 0.15) is 6.92 Å². The minimum atomic E-state index is -4.43. The van der Waals surface area contributed by atoms with E-state index in [4.69, 9.17) is 5.73 Å². The topological polar surface area (TPSA) is 55.6 Å². The van der Waals surface area contributed by atoms with Crippen LogP contribution in [0.25, 0.3) is 0 Å². The van der Waals surface area contributed by atoms with Gasteiger partial charge in [0.05, 0.1) is 6.61 Å². The van der Waals surface area contributed by atoms with Crippen LogP contribution in [-0.4, -0.2) is 43.4 Å². The van der Waals surface area contributed by atoms with Crippen molar-refractivity contribution in [2.24, 2.45) is 5.73 Å². The summed E-state index contributed by atoms with van der Waals surface area (Å²) in [6, 6.07) is 0. The molecule has 0 fully saturated rings. The molecule has 84 valence electrons. The van der Waals surface area contributed by atoms with E-state index < -0.39 is 18.8 Å². The molecule has 0 aromatic rings. The fourth-order valence-corrected chi connectivity index (χ4v) is 0.822. The Kier molecular flexibility index (Phi) is 5.29. The predicted octanol–water partition coefficient (Wildman–Crippen LogP) is 0.966. The van der Waals surface area contributed by atoms with Crippen molar-refractivity contribution in [2.75, 3.05) is 26.2 Å². The van der Waals surface area contributed by atoms with Gasteiger partial charge in [-0.15, -0.1) is 0 Å². The van der Waals surface area contributed by atoms with Crippen LogP contribution in [0.15, 0.2) is 0 Å².